The van der Waals surface area contributed by atoms with Crippen molar-refractivity contribution < 1.29 is 9.31 Å². The number of nitro benzene ring substituents is 1. The van der Waals surface area contributed by atoms with Gasteiger partial charge in [0, 0.05) is 12.1 Å². The Morgan fingerprint density at radius 2 is 1.72 bits per heavy atom. The van der Waals surface area contributed by atoms with Crippen molar-refractivity contribution in [1.82, 2.24) is 9.55 Å². The number of hydrogen-bond acceptors (Lipinski definition) is 4. The van der Waals surface area contributed by atoms with E-state index in [2.05, 4.69) is 4.98 Å². The summed E-state index contributed by atoms with van der Waals surface area (Å²) >= 11 is 0. The van der Waals surface area contributed by atoms with Crippen LogP contribution < -0.4 is 5.56 Å². The summed E-state index contributed by atoms with van der Waals surface area (Å²) in [7, 11) is 0. The molecule has 7 heteroatoms. The lowest BCUT2D eigenvalue weighted by molar-refractivity contribution is -0.384. The topological polar surface area (TPSA) is 78.0 Å². The molecule has 0 saturated carbocycles. The van der Waals surface area contributed by atoms with Gasteiger partial charge in [-0.15, -0.1) is 0 Å². The molecule has 0 radical (unpaired) electrons. The van der Waals surface area contributed by atoms with Crippen molar-refractivity contribution in [3.05, 3.63) is 110 Å². The van der Waals surface area contributed by atoms with Crippen molar-refractivity contribution in [3.8, 4) is 5.69 Å². The van der Waals surface area contributed by atoms with Gasteiger partial charge in [0.1, 0.15) is 11.6 Å². The Hall–Kier alpha value is -4.13. The molecule has 3 aromatic carbocycles. The van der Waals surface area contributed by atoms with Gasteiger partial charge in [0.25, 0.3) is 11.2 Å². The van der Waals surface area contributed by atoms with Gasteiger partial charge in [-0.05, 0) is 42.0 Å². The smallest absolute Gasteiger partial charge is 0.268 e. The molecule has 4 aromatic rings. The molecule has 0 unspecified atom stereocenters. The van der Waals surface area contributed by atoms with Crippen molar-refractivity contribution in [2.24, 2.45) is 0 Å². The molecule has 6 nitrogen and oxygen atoms in total. The molecule has 0 saturated heterocycles. The largest absolute Gasteiger partial charge is 0.271 e. The van der Waals surface area contributed by atoms with Gasteiger partial charge in [0.05, 0.1) is 21.5 Å². The maximum Gasteiger partial charge on any atom is 0.271 e. The number of rotatable bonds is 4. The third-order valence-electron chi connectivity index (χ3n) is 4.40. The van der Waals surface area contributed by atoms with E-state index >= 15 is 0 Å². The number of nitrogens with zero attached hydrogens (tertiary/aromatic N) is 3. The van der Waals surface area contributed by atoms with E-state index in [1.165, 1.54) is 34.9 Å². The number of benzene rings is 3. The second kappa shape index (κ2) is 7.47. The normalized spacial score (nSPS) is 11.2. The SMILES string of the molecule is O=c1c2ccccc2nc(/C=C\c2ccc(F)cc2)n1-c1cccc([N+](=O)[O-])c1. The van der Waals surface area contributed by atoms with E-state index in [-0.39, 0.29) is 17.1 Å². The van der Waals surface area contributed by atoms with Gasteiger partial charge in [0.15, 0.2) is 0 Å². The molecule has 4 rings (SSSR count). The minimum atomic E-state index is -0.517. The van der Waals surface area contributed by atoms with Crippen LogP contribution in [-0.4, -0.2) is 14.5 Å². The highest BCUT2D eigenvalue weighted by Gasteiger charge is 2.14. The second-order valence-electron chi connectivity index (χ2n) is 6.29. The Balaban J connectivity index is 1.94. The predicted molar refractivity (Wildman–Crippen MR) is 109 cm³/mol. The average Bonchev–Trinajstić information content (AvgIpc) is 2.73. The van der Waals surface area contributed by atoms with Crippen LogP contribution in [0.5, 0.6) is 0 Å². The van der Waals surface area contributed by atoms with Crippen LogP contribution in [0.2, 0.25) is 0 Å². The van der Waals surface area contributed by atoms with E-state index in [1.807, 2.05) is 0 Å². The first-order chi connectivity index (χ1) is 14.0. The molecule has 1 aromatic heterocycles. The summed E-state index contributed by atoms with van der Waals surface area (Å²) in [6.07, 6.45) is 3.32. The molecule has 0 amide bonds. The molecule has 29 heavy (non-hydrogen) atoms. The fourth-order valence-corrected chi connectivity index (χ4v) is 3.00. The zero-order chi connectivity index (χ0) is 20.4. The third kappa shape index (κ3) is 3.66. The number of halogens is 1. The highest BCUT2D eigenvalue weighted by atomic mass is 19.1. The number of aromatic nitrogens is 2. The molecule has 0 bridgehead atoms. The van der Waals surface area contributed by atoms with Crippen molar-refractivity contribution in [2.45, 2.75) is 0 Å². The van der Waals surface area contributed by atoms with Crippen LogP contribution in [0.25, 0.3) is 28.7 Å². The molecule has 0 atom stereocenters. The van der Waals surface area contributed by atoms with E-state index in [9.17, 15) is 19.3 Å². The van der Waals surface area contributed by atoms with Crippen LogP contribution in [0.1, 0.15) is 11.4 Å². The quantitative estimate of drug-likeness (QED) is 0.379. The number of para-hydroxylation sites is 1. The Kier molecular flexibility index (Phi) is 4.70. The summed E-state index contributed by atoms with van der Waals surface area (Å²) in [4.78, 5) is 28.4. The van der Waals surface area contributed by atoms with Gasteiger partial charge >= 0.3 is 0 Å². The van der Waals surface area contributed by atoms with Gasteiger partial charge in [-0.3, -0.25) is 19.5 Å². The Bertz CT molecular complexity index is 1310. The summed E-state index contributed by atoms with van der Waals surface area (Å²) in [5.41, 5.74) is 1.10. The zero-order valence-electron chi connectivity index (χ0n) is 15.0. The van der Waals surface area contributed by atoms with Crippen molar-refractivity contribution >= 4 is 28.7 Å². The molecule has 0 aliphatic rings. The van der Waals surface area contributed by atoms with E-state index in [0.717, 1.165) is 5.56 Å². The minimum Gasteiger partial charge on any atom is -0.268 e. The first-order valence-electron chi connectivity index (χ1n) is 8.73. The molecular weight excluding hydrogens is 373 g/mol. The van der Waals surface area contributed by atoms with E-state index < -0.39 is 4.92 Å². The average molecular weight is 387 g/mol. The monoisotopic (exact) mass is 387 g/mol. The van der Waals surface area contributed by atoms with Gasteiger partial charge in [0.2, 0.25) is 0 Å². The van der Waals surface area contributed by atoms with Gasteiger partial charge in [-0.25, -0.2) is 9.37 Å². The zero-order valence-corrected chi connectivity index (χ0v) is 15.0. The van der Waals surface area contributed by atoms with E-state index in [1.54, 1.807) is 54.6 Å². The maximum atomic E-state index is 13.2. The van der Waals surface area contributed by atoms with Gasteiger partial charge < -0.3 is 0 Å². The third-order valence-corrected chi connectivity index (χ3v) is 4.40. The first-order valence-corrected chi connectivity index (χ1v) is 8.73. The van der Waals surface area contributed by atoms with Crippen LogP contribution in [0.3, 0.4) is 0 Å². The molecular formula is C22H14FN3O3. The van der Waals surface area contributed by atoms with Crippen molar-refractivity contribution in [2.75, 3.05) is 0 Å². The summed E-state index contributed by atoms with van der Waals surface area (Å²) in [5.74, 6) is -0.0435. The maximum absolute atomic E-state index is 13.2. The van der Waals surface area contributed by atoms with E-state index in [0.29, 0.717) is 22.4 Å². The van der Waals surface area contributed by atoms with Crippen LogP contribution in [0, 0.1) is 15.9 Å². The molecule has 0 N–H and O–H groups in total. The Labute approximate surface area is 164 Å². The molecule has 0 aliphatic carbocycles. The highest BCUT2D eigenvalue weighted by molar-refractivity contribution is 5.80. The fraction of sp³-hybridized carbons (Fsp3) is 0. The highest BCUT2D eigenvalue weighted by Crippen LogP contribution is 2.19. The lowest BCUT2D eigenvalue weighted by Gasteiger charge is -2.11. The van der Waals surface area contributed by atoms with Crippen molar-refractivity contribution in [1.29, 1.82) is 0 Å². The lowest BCUT2D eigenvalue weighted by atomic mass is 10.2. The first kappa shape index (κ1) is 18.2. The summed E-state index contributed by atoms with van der Waals surface area (Å²) in [6, 6.07) is 18.6. The number of non-ortho nitro benzene ring substituents is 1. The minimum absolute atomic E-state index is 0.129. The summed E-state index contributed by atoms with van der Waals surface area (Å²) < 4.78 is 14.5. The van der Waals surface area contributed by atoms with Crippen LogP contribution >= 0.6 is 0 Å². The van der Waals surface area contributed by atoms with Gasteiger partial charge in [-0.2, -0.15) is 0 Å². The molecule has 0 spiro atoms. The number of hydrogen-bond donors (Lipinski definition) is 0. The number of fused-ring (bicyclic) bond motifs is 1. The Morgan fingerprint density at radius 3 is 2.48 bits per heavy atom. The van der Waals surface area contributed by atoms with Crippen LogP contribution in [-0.2, 0) is 0 Å². The lowest BCUT2D eigenvalue weighted by Crippen LogP contribution is -2.22. The second-order valence-corrected chi connectivity index (χ2v) is 6.29. The summed E-state index contributed by atoms with van der Waals surface area (Å²) in [6.45, 7) is 0. The molecule has 0 aliphatic heterocycles. The van der Waals surface area contributed by atoms with Crippen molar-refractivity contribution in [3.63, 3.8) is 0 Å². The van der Waals surface area contributed by atoms with Crippen LogP contribution in [0.15, 0.2) is 77.6 Å². The molecule has 142 valence electrons. The number of nitro groups is 1. The standard InChI is InChI=1S/C22H14FN3O3/c23-16-11-8-15(9-12-16)10-13-21-24-20-7-2-1-6-19(20)22(27)25(21)17-4-3-5-18(14-17)26(28)29/h1-14H/b13-10-. The summed E-state index contributed by atoms with van der Waals surface area (Å²) in [5, 5.41) is 11.6. The fourth-order valence-electron chi connectivity index (χ4n) is 3.00. The van der Waals surface area contributed by atoms with E-state index in [4.69, 9.17) is 0 Å². The molecule has 1 heterocycles. The molecule has 0 fully saturated rings. The predicted octanol–water partition coefficient (Wildman–Crippen LogP) is 4.60. The van der Waals surface area contributed by atoms with Gasteiger partial charge in [-0.1, -0.05) is 36.4 Å². The Morgan fingerprint density at radius 1 is 0.966 bits per heavy atom. The van der Waals surface area contributed by atoms with Crippen LogP contribution in [0.4, 0.5) is 10.1 Å².